The fourth-order valence-electron chi connectivity index (χ4n) is 1.97. The molecule has 4 heteroatoms. The van der Waals surface area contributed by atoms with Crippen molar-refractivity contribution in [2.75, 3.05) is 6.61 Å². The van der Waals surface area contributed by atoms with Gasteiger partial charge < -0.3 is 4.74 Å². The fraction of sp³-hybridized carbons (Fsp3) is 0.500. The van der Waals surface area contributed by atoms with E-state index in [4.69, 9.17) is 4.74 Å². The number of carbonyl (C=O) groups excluding carboxylic acids is 1. The van der Waals surface area contributed by atoms with Crippen molar-refractivity contribution in [1.82, 2.24) is 5.32 Å². The molecule has 3 nitrogen and oxygen atoms in total. The van der Waals surface area contributed by atoms with E-state index in [0.29, 0.717) is 5.56 Å². The third-order valence-electron chi connectivity index (χ3n) is 2.67. The third-order valence-corrected chi connectivity index (χ3v) is 2.67. The normalized spacial score (nSPS) is 14.3. The first-order chi connectivity index (χ1) is 8.41. The number of nitrogens with one attached hydrogen (secondary N) is 1. The van der Waals surface area contributed by atoms with Crippen molar-refractivity contribution in [2.45, 2.75) is 39.3 Å². The lowest BCUT2D eigenvalue weighted by molar-refractivity contribution is -0.151. The van der Waals surface area contributed by atoms with E-state index in [1.54, 1.807) is 32.0 Å². The van der Waals surface area contributed by atoms with Crippen LogP contribution in [-0.4, -0.2) is 18.6 Å². The zero-order valence-electron chi connectivity index (χ0n) is 11.3. The molecule has 0 spiro atoms. The second-order valence-corrected chi connectivity index (χ2v) is 4.62. The Morgan fingerprint density at radius 2 is 2.06 bits per heavy atom. The highest BCUT2D eigenvalue weighted by atomic mass is 19.1. The minimum Gasteiger partial charge on any atom is -0.464 e. The summed E-state index contributed by atoms with van der Waals surface area (Å²) in [5.41, 5.74) is -0.868. The van der Waals surface area contributed by atoms with Crippen molar-refractivity contribution in [1.29, 1.82) is 0 Å². The van der Waals surface area contributed by atoms with Crippen molar-refractivity contribution in [2.24, 2.45) is 0 Å². The minimum absolute atomic E-state index is 0.0269. The predicted molar refractivity (Wildman–Crippen MR) is 68.7 cm³/mol. The standard InChI is InChI=1S/C14H20FNO2/c1-5-18-13(17)14(4,16-10(2)3)11-8-6-7-9-12(11)15/h6-10,16H,5H2,1-4H3. The van der Waals surface area contributed by atoms with Crippen LogP contribution in [0.25, 0.3) is 0 Å². The molecule has 0 aliphatic carbocycles. The summed E-state index contributed by atoms with van der Waals surface area (Å²) in [4.78, 5) is 12.1. The van der Waals surface area contributed by atoms with E-state index >= 15 is 0 Å². The Morgan fingerprint density at radius 3 is 2.56 bits per heavy atom. The molecule has 0 radical (unpaired) electrons. The Bertz CT molecular complexity index is 420. The zero-order valence-corrected chi connectivity index (χ0v) is 11.3. The summed E-state index contributed by atoms with van der Waals surface area (Å²) >= 11 is 0. The van der Waals surface area contributed by atoms with E-state index in [0.717, 1.165) is 0 Å². The SMILES string of the molecule is CCOC(=O)C(C)(NC(C)C)c1ccccc1F. The molecule has 100 valence electrons. The van der Waals surface area contributed by atoms with Crippen molar-refractivity contribution in [3.8, 4) is 0 Å². The molecule has 0 bridgehead atoms. The molecule has 0 saturated carbocycles. The van der Waals surface area contributed by atoms with Crippen LogP contribution in [0.1, 0.15) is 33.3 Å². The highest BCUT2D eigenvalue weighted by molar-refractivity contribution is 5.82. The van der Waals surface area contributed by atoms with Gasteiger partial charge in [0.15, 0.2) is 0 Å². The van der Waals surface area contributed by atoms with Crippen LogP contribution in [0.4, 0.5) is 4.39 Å². The van der Waals surface area contributed by atoms with Crippen molar-refractivity contribution < 1.29 is 13.9 Å². The van der Waals surface area contributed by atoms with E-state index in [-0.39, 0.29) is 12.6 Å². The van der Waals surface area contributed by atoms with Gasteiger partial charge in [-0.15, -0.1) is 0 Å². The Hall–Kier alpha value is -1.42. The van der Waals surface area contributed by atoms with E-state index in [1.807, 2.05) is 13.8 Å². The smallest absolute Gasteiger partial charge is 0.330 e. The molecule has 0 saturated heterocycles. The highest BCUT2D eigenvalue weighted by Gasteiger charge is 2.39. The fourth-order valence-corrected chi connectivity index (χ4v) is 1.97. The largest absolute Gasteiger partial charge is 0.464 e. The summed E-state index contributed by atoms with van der Waals surface area (Å²) in [6.07, 6.45) is 0. The van der Waals surface area contributed by atoms with Crippen LogP contribution < -0.4 is 5.32 Å². The first kappa shape index (κ1) is 14.6. The molecule has 0 aliphatic rings. The Balaban J connectivity index is 3.20. The third kappa shape index (κ3) is 3.07. The van der Waals surface area contributed by atoms with E-state index in [9.17, 15) is 9.18 Å². The number of hydrogen-bond acceptors (Lipinski definition) is 3. The molecule has 1 aromatic rings. The molecule has 18 heavy (non-hydrogen) atoms. The molecule has 1 rings (SSSR count). The van der Waals surface area contributed by atoms with Gasteiger partial charge in [0.25, 0.3) is 0 Å². The van der Waals surface area contributed by atoms with E-state index < -0.39 is 17.3 Å². The van der Waals surface area contributed by atoms with Gasteiger partial charge in [-0.2, -0.15) is 0 Å². The summed E-state index contributed by atoms with van der Waals surface area (Å²) < 4.78 is 18.9. The lowest BCUT2D eigenvalue weighted by Gasteiger charge is -2.31. The number of hydrogen-bond donors (Lipinski definition) is 1. The number of halogens is 1. The molecule has 0 aromatic heterocycles. The van der Waals surface area contributed by atoms with Crippen LogP contribution in [-0.2, 0) is 15.1 Å². The van der Waals surface area contributed by atoms with Crippen molar-refractivity contribution in [3.05, 3.63) is 35.6 Å². The lowest BCUT2D eigenvalue weighted by atomic mass is 9.90. The average Bonchev–Trinajstić information content (AvgIpc) is 2.28. The van der Waals surface area contributed by atoms with Gasteiger partial charge in [0, 0.05) is 11.6 Å². The first-order valence-electron chi connectivity index (χ1n) is 6.11. The summed E-state index contributed by atoms with van der Waals surface area (Å²) in [7, 11) is 0. The van der Waals surface area contributed by atoms with Crippen molar-refractivity contribution in [3.63, 3.8) is 0 Å². The van der Waals surface area contributed by atoms with Gasteiger partial charge in [0.2, 0.25) is 0 Å². The Morgan fingerprint density at radius 1 is 1.44 bits per heavy atom. The topological polar surface area (TPSA) is 38.3 Å². The summed E-state index contributed by atoms with van der Waals surface area (Å²) in [5, 5.41) is 3.08. The first-order valence-corrected chi connectivity index (χ1v) is 6.11. The molecule has 0 fully saturated rings. The zero-order chi connectivity index (χ0) is 13.8. The van der Waals surface area contributed by atoms with Gasteiger partial charge in [0.05, 0.1) is 6.61 Å². The minimum atomic E-state index is -1.17. The second-order valence-electron chi connectivity index (χ2n) is 4.62. The number of ether oxygens (including phenoxy) is 1. The lowest BCUT2D eigenvalue weighted by Crippen LogP contribution is -2.51. The monoisotopic (exact) mass is 253 g/mol. The predicted octanol–water partition coefficient (Wildman–Crippen LogP) is 2.60. The molecule has 1 N–H and O–H groups in total. The van der Waals surface area contributed by atoms with Gasteiger partial charge >= 0.3 is 5.97 Å². The molecule has 1 aromatic carbocycles. The maximum absolute atomic E-state index is 13.9. The van der Waals surface area contributed by atoms with Crippen LogP contribution in [0, 0.1) is 5.82 Å². The second kappa shape index (κ2) is 5.96. The number of esters is 1. The van der Waals surface area contributed by atoms with Gasteiger partial charge in [0.1, 0.15) is 11.4 Å². The van der Waals surface area contributed by atoms with Gasteiger partial charge in [-0.25, -0.2) is 9.18 Å². The van der Waals surface area contributed by atoms with Gasteiger partial charge in [-0.3, -0.25) is 5.32 Å². The molecule has 1 atom stereocenters. The maximum Gasteiger partial charge on any atom is 0.330 e. The van der Waals surface area contributed by atoms with E-state index in [1.165, 1.54) is 6.07 Å². The highest BCUT2D eigenvalue weighted by Crippen LogP contribution is 2.25. The molecule has 0 amide bonds. The summed E-state index contributed by atoms with van der Waals surface area (Å²) in [6.45, 7) is 7.44. The van der Waals surface area contributed by atoms with E-state index in [2.05, 4.69) is 5.32 Å². The van der Waals surface area contributed by atoms with Gasteiger partial charge in [-0.05, 0) is 33.8 Å². The van der Waals surface area contributed by atoms with Crippen LogP contribution in [0.3, 0.4) is 0 Å². The van der Waals surface area contributed by atoms with Crippen LogP contribution in [0.2, 0.25) is 0 Å². The molecule has 0 aliphatic heterocycles. The molecule has 0 heterocycles. The summed E-state index contributed by atoms with van der Waals surface area (Å²) in [5.74, 6) is -0.884. The number of carbonyl (C=O) groups is 1. The Labute approximate surface area is 107 Å². The molecule has 1 unspecified atom stereocenters. The molecular formula is C14H20FNO2. The Kier molecular flexibility index (Phi) is 4.84. The summed E-state index contributed by atoms with van der Waals surface area (Å²) in [6, 6.07) is 6.27. The molecular weight excluding hydrogens is 233 g/mol. The van der Waals surface area contributed by atoms with Crippen LogP contribution in [0.5, 0.6) is 0 Å². The number of rotatable bonds is 5. The average molecular weight is 253 g/mol. The number of benzene rings is 1. The van der Waals surface area contributed by atoms with Crippen molar-refractivity contribution >= 4 is 5.97 Å². The quantitative estimate of drug-likeness (QED) is 0.820. The van der Waals surface area contributed by atoms with Crippen LogP contribution in [0.15, 0.2) is 24.3 Å². The van der Waals surface area contributed by atoms with Crippen LogP contribution >= 0.6 is 0 Å². The maximum atomic E-state index is 13.9. The van der Waals surface area contributed by atoms with Gasteiger partial charge in [-0.1, -0.05) is 18.2 Å².